The molecule has 0 aliphatic carbocycles. The van der Waals surface area contributed by atoms with Crippen molar-refractivity contribution in [1.29, 1.82) is 0 Å². The van der Waals surface area contributed by atoms with Gasteiger partial charge in [0.05, 0.1) is 18.3 Å². The molecule has 2 atom stereocenters. The van der Waals surface area contributed by atoms with Gasteiger partial charge in [0.1, 0.15) is 5.69 Å². The van der Waals surface area contributed by atoms with Crippen LogP contribution in [-0.4, -0.2) is 54.5 Å². The number of rotatable bonds is 13. The van der Waals surface area contributed by atoms with Crippen LogP contribution in [0.5, 0.6) is 0 Å². The smallest absolute Gasteiger partial charge is 0.135 e. The minimum absolute atomic E-state index is 0.0578. The summed E-state index contributed by atoms with van der Waals surface area (Å²) in [6, 6.07) is 5.23. The zero-order chi connectivity index (χ0) is 21.6. The number of nitrogens with two attached hydrogens (primary N) is 1. The molecule has 0 bridgehead atoms. The quantitative estimate of drug-likeness (QED) is 0.254. The van der Waals surface area contributed by atoms with Crippen LogP contribution in [-0.2, 0) is 0 Å². The molecule has 0 radical (unpaired) electrons. The SMILES string of the molecule is NC=CC=Nc1ccc(NCCCCCCN2CCC(N=O)C[C@H]2CO)cc1N=O. The van der Waals surface area contributed by atoms with E-state index in [0.29, 0.717) is 12.1 Å². The van der Waals surface area contributed by atoms with E-state index in [-0.39, 0.29) is 24.4 Å². The molecule has 1 aromatic carbocycles. The number of piperidine rings is 1. The summed E-state index contributed by atoms with van der Waals surface area (Å²) >= 11 is 0. The van der Waals surface area contributed by atoms with E-state index in [0.717, 1.165) is 57.4 Å². The average molecular weight is 417 g/mol. The summed E-state index contributed by atoms with van der Waals surface area (Å²) < 4.78 is 0. The Hall–Kier alpha value is -2.65. The molecule has 1 fully saturated rings. The Kier molecular flexibility index (Phi) is 10.7. The number of nitroso groups, excluding NO2 is 2. The highest BCUT2D eigenvalue weighted by Crippen LogP contribution is 2.30. The molecule has 1 aromatic rings. The van der Waals surface area contributed by atoms with Crippen molar-refractivity contribution in [2.75, 3.05) is 31.6 Å². The van der Waals surface area contributed by atoms with Crippen LogP contribution in [0.15, 0.2) is 45.8 Å². The highest BCUT2D eigenvalue weighted by atomic mass is 16.3. The van der Waals surface area contributed by atoms with Gasteiger partial charge in [0, 0.05) is 31.0 Å². The zero-order valence-electron chi connectivity index (χ0n) is 17.3. The van der Waals surface area contributed by atoms with Crippen LogP contribution in [0.1, 0.15) is 38.5 Å². The highest BCUT2D eigenvalue weighted by Gasteiger charge is 2.27. The Morgan fingerprint density at radius 3 is 2.77 bits per heavy atom. The van der Waals surface area contributed by atoms with Gasteiger partial charge < -0.3 is 16.2 Å². The number of likely N-dealkylation sites (tertiary alicyclic amines) is 1. The molecule has 1 saturated heterocycles. The summed E-state index contributed by atoms with van der Waals surface area (Å²) in [6.07, 6.45) is 10.2. The molecule has 1 aliphatic heterocycles. The fraction of sp³-hybridized carbons (Fsp3) is 0.571. The molecule has 9 nitrogen and oxygen atoms in total. The fourth-order valence-corrected chi connectivity index (χ4v) is 3.67. The number of hydrogen-bond acceptors (Lipinski definition) is 9. The van der Waals surface area contributed by atoms with Gasteiger partial charge in [-0.15, -0.1) is 4.91 Å². The van der Waals surface area contributed by atoms with Gasteiger partial charge >= 0.3 is 0 Å². The molecule has 1 aliphatic rings. The van der Waals surface area contributed by atoms with Crippen LogP contribution in [0.2, 0.25) is 0 Å². The maximum atomic E-state index is 11.0. The molecule has 0 saturated carbocycles. The monoisotopic (exact) mass is 416 g/mol. The van der Waals surface area contributed by atoms with Gasteiger partial charge in [0.25, 0.3) is 0 Å². The molecular formula is C21H32N6O3. The van der Waals surface area contributed by atoms with E-state index in [1.807, 2.05) is 6.07 Å². The number of aliphatic imine (C=N–C) groups is 1. The van der Waals surface area contributed by atoms with E-state index in [2.05, 4.69) is 25.6 Å². The number of nitrogens with zero attached hydrogens (tertiary/aromatic N) is 4. The van der Waals surface area contributed by atoms with Gasteiger partial charge in [-0.3, -0.25) is 9.89 Å². The predicted octanol–water partition coefficient (Wildman–Crippen LogP) is 3.82. The maximum absolute atomic E-state index is 11.0. The van der Waals surface area contributed by atoms with Crippen molar-refractivity contribution < 1.29 is 5.11 Å². The predicted molar refractivity (Wildman–Crippen MR) is 122 cm³/mol. The molecule has 0 spiro atoms. The van der Waals surface area contributed by atoms with Crippen molar-refractivity contribution >= 4 is 23.3 Å². The minimum atomic E-state index is -0.150. The molecule has 2 rings (SSSR count). The Labute approximate surface area is 177 Å². The number of anilines is 1. The van der Waals surface area contributed by atoms with Crippen LogP contribution in [0, 0.1) is 9.81 Å². The number of aliphatic hydroxyl groups is 1. The molecule has 1 unspecified atom stereocenters. The lowest BCUT2D eigenvalue weighted by Gasteiger charge is -2.36. The Bertz CT molecular complexity index is 725. The van der Waals surface area contributed by atoms with Crippen molar-refractivity contribution in [3.8, 4) is 0 Å². The van der Waals surface area contributed by atoms with E-state index >= 15 is 0 Å². The number of aliphatic hydroxyl groups excluding tert-OH is 1. The maximum Gasteiger partial charge on any atom is 0.135 e. The van der Waals surface area contributed by atoms with Gasteiger partial charge in [-0.1, -0.05) is 18.0 Å². The molecule has 30 heavy (non-hydrogen) atoms. The van der Waals surface area contributed by atoms with Crippen LogP contribution in [0.25, 0.3) is 0 Å². The average Bonchev–Trinajstić information content (AvgIpc) is 2.79. The summed E-state index contributed by atoms with van der Waals surface area (Å²) in [7, 11) is 0. The summed E-state index contributed by atoms with van der Waals surface area (Å²) in [5.74, 6) is 0. The van der Waals surface area contributed by atoms with Crippen molar-refractivity contribution in [3.63, 3.8) is 0 Å². The molecule has 9 heteroatoms. The molecule has 0 aromatic heterocycles. The summed E-state index contributed by atoms with van der Waals surface area (Å²) in [4.78, 5) is 28.2. The topological polar surface area (TPSA) is 133 Å². The number of benzene rings is 1. The number of hydrogen-bond donors (Lipinski definition) is 3. The fourth-order valence-electron chi connectivity index (χ4n) is 3.67. The normalized spacial score (nSPS) is 20.0. The molecule has 0 amide bonds. The van der Waals surface area contributed by atoms with Gasteiger partial charge in [-0.25, -0.2) is 0 Å². The third-order valence-corrected chi connectivity index (χ3v) is 5.36. The van der Waals surface area contributed by atoms with Crippen LogP contribution >= 0.6 is 0 Å². The summed E-state index contributed by atoms with van der Waals surface area (Å²) in [5.41, 5.74) is 6.88. The lowest BCUT2D eigenvalue weighted by molar-refractivity contribution is 0.0805. The van der Waals surface area contributed by atoms with Gasteiger partial charge in [-0.2, -0.15) is 4.91 Å². The van der Waals surface area contributed by atoms with Gasteiger partial charge in [0.2, 0.25) is 0 Å². The van der Waals surface area contributed by atoms with E-state index in [1.165, 1.54) is 12.4 Å². The van der Waals surface area contributed by atoms with Gasteiger partial charge in [-0.05, 0) is 67.9 Å². The summed E-state index contributed by atoms with van der Waals surface area (Å²) in [6.45, 7) is 2.67. The summed E-state index contributed by atoms with van der Waals surface area (Å²) in [5, 5.41) is 19.0. The lowest BCUT2D eigenvalue weighted by atomic mass is 9.98. The Morgan fingerprint density at radius 1 is 1.20 bits per heavy atom. The minimum Gasteiger partial charge on any atom is -0.405 e. The molecular weight excluding hydrogens is 384 g/mol. The van der Waals surface area contributed by atoms with Crippen LogP contribution in [0.3, 0.4) is 0 Å². The number of nitrogens with one attached hydrogen (secondary N) is 1. The highest BCUT2D eigenvalue weighted by molar-refractivity contribution is 5.78. The number of unbranched alkanes of at least 4 members (excludes halogenated alkanes) is 3. The van der Waals surface area contributed by atoms with Crippen LogP contribution < -0.4 is 11.1 Å². The van der Waals surface area contributed by atoms with Gasteiger partial charge in [0.15, 0.2) is 0 Å². The zero-order valence-corrected chi connectivity index (χ0v) is 17.3. The van der Waals surface area contributed by atoms with E-state index in [9.17, 15) is 14.9 Å². The first kappa shape index (κ1) is 23.6. The Morgan fingerprint density at radius 2 is 2.03 bits per heavy atom. The van der Waals surface area contributed by atoms with Crippen LogP contribution in [0.4, 0.5) is 17.1 Å². The third-order valence-electron chi connectivity index (χ3n) is 5.36. The standard InChI is InChI=1S/C21H32N6O3/c22-9-5-11-24-20-7-6-17(15-21(20)26-30)23-10-3-1-2-4-12-27-13-8-18(25-29)14-19(27)16-28/h5-7,9,11,15,18-19,23,28H,1-4,8,10,12-14,16,22H2/t18?,19-/m0/s1. The van der Waals surface area contributed by atoms with Crippen molar-refractivity contribution in [2.24, 2.45) is 21.1 Å². The lowest BCUT2D eigenvalue weighted by Crippen LogP contribution is -2.46. The second-order valence-electron chi connectivity index (χ2n) is 7.45. The van der Waals surface area contributed by atoms with E-state index in [1.54, 1.807) is 18.2 Å². The van der Waals surface area contributed by atoms with E-state index in [4.69, 9.17) is 5.73 Å². The van der Waals surface area contributed by atoms with Crippen molar-refractivity contribution in [3.05, 3.63) is 40.3 Å². The second-order valence-corrected chi connectivity index (χ2v) is 7.45. The first-order valence-electron chi connectivity index (χ1n) is 10.5. The first-order valence-corrected chi connectivity index (χ1v) is 10.5. The third kappa shape index (κ3) is 7.64. The Balaban J connectivity index is 1.64. The largest absolute Gasteiger partial charge is 0.405 e. The number of allylic oxidation sites excluding steroid dienone is 1. The molecule has 4 N–H and O–H groups in total. The van der Waals surface area contributed by atoms with Crippen molar-refractivity contribution in [1.82, 2.24) is 4.90 Å². The van der Waals surface area contributed by atoms with E-state index < -0.39 is 0 Å². The molecule has 1 heterocycles. The second kappa shape index (κ2) is 13.6. The van der Waals surface area contributed by atoms with Crippen molar-refractivity contribution in [2.45, 2.75) is 50.6 Å². The molecule has 164 valence electrons. The first-order chi connectivity index (χ1) is 14.7.